The van der Waals surface area contributed by atoms with Crippen LogP contribution in [0.25, 0.3) is 0 Å². The van der Waals surface area contributed by atoms with Crippen molar-refractivity contribution in [2.24, 2.45) is 5.92 Å². The van der Waals surface area contributed by atoms with Gasteiger partial charge in [0.1, 0.15) is 0 Å². The molecule has 0 aromatic heterocycles. The van der Waals surface area contributed by atoms with E-state index in [9.17, 15) is 4.79 Å². The summed E-state index contributed by atoms with van der Waals surface area (Å²) in [4.78, 5) is 13.9. The third-order valence-electron chi connectivity index (χ3n) is 3.23. The van der Waals surface area contributed by atoms with E-state index in [0.29, 0.717) is 11.8 Å². The number of carbonyl (C=O) groups is 1. The second-order valence-electron chi connectivity index (χ2n) is 4.37. The van der Waals surface area contributed by atoms with Gasteiger partial charge in [-0.1, -0.05) is 28.8 Å². The minimum absolute atomic E-state index is 0.366. The number of nitrogens with zero attached hydrogens (tertiary/aromatic N) is 1. The van der Waals surface area contributed by atoms with Gasteiger partial charge in [0.05, 0.1) is 0 Å². The molecule has 1 aliphatic carbocycles. The maximum atomic E-state index is 11.9. The predicted molar refractivity (Wildman–Crippen MR) is 67.2 cm³/mol. The van der Waals surface area contributed by atoms with Crippen molar-refractivity contribution in [3.63, 3.8) is 0 Å². The molecule has 1 amide bonds. The van der Waals surface area contributed by atoms with Crippen LogP contribution in [-0.2, 0) is 4.79 Å². The second kappa shape index (κ2) is 7.26. The maximum Gasteiger partial charge on any atom is 0.222 e. The third-order valence-corrected chi connectivity index (χ3v) is 3.79. The Bertz CT molecular complexity index is 190. The molecule has 0 aromatic rings. The van der Waals surface area contributed by atoms with E-state index in [1.54, 1.807) is 0 Å². The zero-order chi connectivity index (χ0) is 11.1. The highest BCUT2D eigenvalue weighted by Gasteiger charge is 2.20. The van der Waals surface area contributed by atoms with Gasteiger partial charge in [0, 0.05) is 24.8 Å². The van der Waals surface area contributed by atoms with Gasteiger partial charge in [-0.2, -0.15) is 0 Å². The van der Waals surface area contributed by atoms with Crippen molar-refractivity contribution >= 4 is 21.8 Å². The van der Waals surface area contributed by atoms with Crippen molar-refractivity contribution in [3.05, 3.63) is 0 Å². The fourth-order valence-electron chi connectivity index (χ4n) is 2.30. The van der Waals surface area contributed by atoms with Crippen molar-refractivity contribution in [2.45, 2.75) is 45.4 Å². The lowest BCUT2D eigenvalue weighted by Gasteiger charge is -2.22. The summed E-state index contributed by atoms with van der Waals surface area (Å²) in [5, 5.41) is 0.986. The zero-order valence-electron chi connectivity index (χ0n) is 9.67. The molecular formula is C12H22BrNO. The Morgan fingerprint density at radius 3 is 2.60 bits per heavy atom. The molecule has 1 saturated carbocycles. The normalized spacial score (nSPS) is 16.9. The summed E-state index contributed by atoms with van der Waals surface area (Å²) >= 11 is 3.41. The first-order valence-corrected chi connectivity index (χ1v) is 7.23. The summed E-state index contributed by atoms with van der Waals surface area (Å²) in [6.07, 6.45) is 7.03. The van der Waals surface area contributed by atoms with Crippen LogP contribution in [0.5, 0.6) is 0 Å². The van der Waals surface area contributed by atoms with Crippen LogP contribution in [0.4, 0.5) is 0 Å². The van der Waals surface area contributed by atoms with Crippen molar-refractivity contribution in [1.29, 1.82) is 0 Å². The quantitative estimate of drug-likeness (QED) is 0.682. The number of amides is 1. The molecule has 0 aliphatic heterocycles. The van der Waals surface area contributed by atoms with Gasteiger partial charge in [0.25, 0.3) is 0 Å². The van der Waals surface area contributed by atoms with E-state index in [4.69, 9.17) is 0 Å². The number of hydrogen-bond acceptors (Lipinski definition) is 1. The Kier molecular flexibility index (Phi) is 6.30. The summed E-state index contributed by atoms with van der Waals surface area (Å²) in [5.41, 5.74) is 0. The van der Waals surface area contributed by atoms with E-state index in [-0.39, 0.29) is 0 Å². The van der Waals surface area contributed by atoms with Crippen LogP contribution < -0.4 is 0 Å². The molecule has 3 heteroatoms. The molecule has 0 unspecified atom stereocenters. The average Bonchev–Trinajstić information content (AvgIpc) is 2.71. The Morgan fingerprint density at radius 1 is 1.40 bits per heavy atom. The first kappa shape index (κ1) is 13.0. The molecule has 2 nitrogen and oxygen atoms in total. The van der Waals surface area contributed by atoms with Crippen LogP contribution in [0.2, 0.25) is 0 Å². The fourth-order valence-corrected chi connectivity index (χ4v) is 2.55. The van der Waals surface area contributed by atoms with Crippen molar-refractivity contribution in [1.82, 2.24) is 4.90 Å². The number of halogens is 1. The molecule has 1 fully saturated rings. The predicted octanol–water partition coefficient (Wildman–Crippen LogP) is 3.20. The molecule has 0 heterocycles. The number of rotatable bonds is 6. The van der Waals surface area contributed by atoms with Gasteiger partial charge in [0.15, 0.2) is 0 Å². The smallest absolute Gasteiger partial charge is 0.222 e. The molecule has 1 rings (SSSR count). The van der Waals surface area contributed by atoms with Gasteiger partial charge in [-0.15, -0.1) is 0 Å². The lowest BCUT2D eigenvalue weighted by molar-refractivity contribution is -0.132. The summed E-state index contributed by atoms with van der Waals surface area (Å²) in [6.45, 7) is 3.84. The van der Waals surface area contributed by atoms with Gasteiger partial charge in [-0.3, -0.25) is 4.79 Å². The Balaban J connectivity index is 2.28. The van der Waals surface area contributed by atoms with Crippen molar-refractivity contribution in [2.75, 3.05) is 18.4 Å². The van der Waals surface area contributed by atoms with Gasteiger partial charge in [-0.25, -0.2) is 0 Å². The Hall–Kier alpha value is -0.0500. The molecule has 0 bridgehead atoms. The minimum atomic E-state index is 0.366. The van der Waals surface area contributed by atoms with Crippen LogP contribution in [0, 0.1) is 5.92 Å². The average molecular weight is 276 g/mol. The van der Waals surface area contributed by atoms with Gasteiger partial charge in [-0.05, 0) is 32.1 Å². The van der Waals surface area contributed by atoms with Crippen LogP contribution in [-0.4, -0.2) is 29.2 Å². The molecular weight excluding hydrogens is 254 g/mol. The second-order valence-corrected chi connectivity index (χ2v) is 5.16. The molecule has 0 atom stereocenters. The highest BCUT2D eigenvalue weighted by Crippen LogP contribution is 2.27. The first-order chi connectivity index (χ1) is 7.27. The molecule has 15 heavy (non-hydrogen) atoms. The molecule has 0 spiro atoms. The largest absolute Gasteiger partial charge is 0.343 e. The Labute approximate surface area is 102 Å². The van der Waals surface area contributed by atoms with E-state index in [0.717, 1.165) is 31.3 Å². The van der Waals surface area contributed by atoms with E-state index in [2.05, 4.69) is 22.9 Å². The highest BCUT2D eigenvalue weighted by atomic mass is 79.9. The number of hydrogen-bond donors (Lipinski definition) is 0. The van der Waals surface area contributed by atoms with Crippen LogP contribution in [0.3, 0.4) is 0 Å². The van der Waals surface area contributed by atoms with Crippen LogP contribution in [0.15, 0.2) is 0 Å². The first-order valence-electron chi connectivity index (χ1n) is 6.11. The lowest BCUT2D eigenvalue weighted by Crippen LogP contribution is -2.32. The highest BCUT2D eigenvalue weighted by molar-refractivity contribution is 9.09. The monoisotopic (exact) mass is 275 g/mol. The fraction of sp³-hybridized carbons (Fsp3) is 0.917. The summed E-state index contributed by atoms with van der Waals surface area (Å²) < 4.78 is 0. The molecule has 88 valence electrons. The third kappa shape index (κ3) is 4.54. The van der Waals surface area contributed by atoms with Crippen molar-refractivity contribution in [3.8, 4) is 0 Å². The minimum Gasteiger partial charge on any atom is -0.343 e. The topological polar surface area (TPSA) is 20.3 Å². The standard InChI is InChI=1S/C12H22BrNO/c1-2-14(9-5-8-13)12(15)10-11-6-3-4-7-11/h11H,2-10H2,1H3. The molecule has 0 aromatic carbocycles. The van der Waals surface area contributed by atoms with Gasteiger partial charge < -0.3 is 4.90 Å². The van der Waals surface area contributed by atoms with Gasteiger partial charge in [0.2, 0.25) is 5.91 Å². The molecule has 0 radical (unpaired) electrons. The number of carbonyl (C=O) groups excluding carboxylic acids is 1. The number of alkyl halides is 1. The molecule has 1 aliphatic rings. The zero-order valence-corrected chi connectivity index (χ0v) is 11.3. The van der Waals surface area contributed by atoms with E-state index >= 15 is 0 Å². The van der Waals surface area contributed by atoms with Crippen LogP contribution >= 0.6 is 15.9 Å². The SMILES string of the molecule is CCN(CCCBr)C(=O)CC1CCCC1. The maximum absolute atomic E-state index is 11.9. The van der Waals surface area contributed by atoms with Crippen molar-refractivity contribution < 1.29 is 4.79 Å². The summed E-state index contributed by atoms with van der Waals surface area (Å²) in [6, 6.07) is 0. The molecule has 0 saturated heterocycles. The van der Waals surface area contributed by atoms with E-state index in [1.165, 1.54) is 25.7 Å². The lowest BCUT2D eigenvalue weighted by atomic mass is 10.0. The summed E-state index contributed by atoms with van der Waals surface area (Å²) in [7, 11) is 0. The Morgan fingerprint density at radius 2 is 2.07 bits per heavy atom. The van der Waals surface area contributed by atoms with E-state index < -0.39 is 0 Å². The van der Waals surface area contributed by atoms with Gasteiger partial charge >= 0.3 is 0 Å². The van der Waals surface area contributed by atoms with Crippen LogP contribution in [0.1, 0.15) is 45.4 Å². The molecule has 0 N–H and O–H groups in total. The summed E-state index contributed by atoms with van der Waals surface area (Å²) in [5.74, 6) is 1.04. The van der Waals surface area contributed by atoms with E-state index in [1.807, 2.05) is 4.90 Å².